The van der Waals surface area contributed by atoms with Gasteiger partial charge in [0, 0.05) is 10.1 Å². The summed E-state index contributed by atoms with van der Waals surface area (Å²) in [6, 6.07) is 7.80. The molecule has 1 N–H and O–H groups in total. The van der Waals surface area contributed by atoms with E-state index in [0.717, 1.165) is 17.1 Å². The molecule has 0 aromatic heterocycles. The van der Waals surface area contributed by atoms with Crippen molar-refractivity contribution >= 4 is 17.7 Å². The van der Waals surface area contributed by atoms with Gasteiger partial charge in [-0.2, -0.15) is 0 Å². The van der Waals surface area contributed by atoms with Gasteiger partial charge < -0.3 is 9.84 Å². The summed E-state index contributed by atoms with van der Waals surface area (Å²) in [5.74, 6) is 0.0254. The van der Waals surface area contributed by atoms with Crippen LogP contribution in [0.5, 0.6) is 5.75 Å². The van der Waals surface area contributed by atoms with Crippen LogP contribution in [0.25, 0.3) is 0 Å². The van der Waals surface area contributed by atoms with Crippen LogP contribution in [0, 0.1) is 5.92 Å². The van der Waals surface area contributed by atoms with Crippen LogP contribution in [-0.4, -0.2) is 22.9 Å². The van der Waals surface area contributed by atoms with E-state index in [-0.39, 0.29) is 11.2 Å². The molecule has 0 heterocycles. The van der Waals surface area contributed by atoms with Crippen LogP contribution in [0.3, 0.4) is 0 Å². The summed E-state index contributed by atoms with van der Waals surface area (Å²) in [4.78, 5) is 11.8. The van der Waals surface area contributed by atoms with Crippen LogP contribution in [0.15, 0.2) is 29.2 Å². The quantitative estimate of drug-likeness (QED) is 0.856. The predicted octanol–water partition coefficient (Wildman–Crippen LogP) is 2.65. The lowest BCUT2D eigenvalue weighted by molar-refractivity contribution is -0.138. The maximum absolute atomic E-state index is 10.7. The molecular formula is C12H14O3S. The first-order chi connectivity index (χ1) is 7.70. The molecule has 0 amide bonds. The number of carboxylic acid groups (broad SMARTS) is 1. The zero-order valence-corrected chi connectivity index (χ0v) is 9.87. The number of ether oxygens (including phenoxy) is 1. The van der Waals surface area contributed by atoms with Gasteiger partial charge in [-0.1, -0.05) is 0 Å². The highest BCUT2D eigenvalue weighted by Crippen LogP contribution is 2.45. The van der Waals surface area contributed by atoms with Crippen molar-refractivity contribution in [3.8, 4) is 5.75 Å². The normalized spacial score (nSPS) is 22.8. The lowest BCUT2D eigenvalue weighted by atomic mass is 10.3. The topological polar surface area (TPSA) is 46.5 Å². The molecule has 0 bridgehead atoms. The van der Waals surface area contributed by atoms with Gasteiger partial charge >= 0.3 is 5.97 Å². The zero-order chi connectivity index (χ0) is 11.5. The summed E-state index contributed by atoms with van der Waals surface area (Å²) in [6.45, 7) is 2.61. The minimum Gasteiger partial charge on any atom is -0.494 e. The van der Waals surface area contributed by atoms with E-state index in [2.05, 4.69) is 0 Å². The first kappa shape index (κ1) is 11.3. The van der Waals surface area contributed by atoms with Gasteiger partial charge in [-0.3, -0.25) is 4.79 Å². The molecule has 1 saturated carbocycles. The molecule has 0 radical (unpaired) electrons. The van der Waals surface area contributed by atoms with E-state index in [1.807, 2.05) is 31.2 Å². The molecule has 3 nitrogen and oxygen atoms in total. The second-order valence-electron chi connectivity index (χ2n) is 3.74. The van der Waals surface area contributed by atoms with Crippen LogP contribution >= 0.6 is 11.8 Å². The van der Waals surface area contributed by atoms with Gasteiger partial charge in [-0.15, -0.1) is 11.8 Å². The molecular weight excluding hydrogens is 224 g/mol. The monoisotopic (exact) mass is 238 g/mol. The molecule has 1 aromatic rings. The summed E-state index contributed by atoms with van der Waals surface area (Å²) >= 11 is 1.64. The Labute approximate surface area is 98.8 Å². The molecule has 2 atom stereocenters. The molecule has 4 heteroatoms. The summed E-state index contributed by atoms with van der Waals surface area (Å²) in [5.41, 5.74) is 0. The number of aliphatic carboxylic acids is 1. The van der Waals surface area contributed by atoms with Crippen molar-refractivity contribution in [2.45, 2.75) is 23.5 Å². The maximum atomic E-state index is 10.7. The Morgan fingerprint density at radius 1 is 1.50 bits per heavy atom. The number of hydrogen-bond donors (Lipinski definition) is 1. The summed E-state index contributed by atoms with van der Waals surface area (Å²) in [5, 5.41) is 9.03. The largest absolute Gasteiger partial charge is 0.494 e. The van der Waals surface area contributed by atoms with Gasteiger partial charge in [0.15, 0.2) is 0 Å². The number of carbonyl (C=O) groups is 1. The van der Waals surface area contributed by atoms with E-state index < -0.39 is 5.97 Å². The van der Waals surface area contributed by atoms with E-state index >= 15 is 0 Å². The minimum absolute atomic E-state index is 0.156. The SMILES string of the molecule is CCOc1ccc(SC2CC2C(=O)O)cc1. The lowest BCUT2D eigenvalue weighted by Crippen LogP contribution is -1.99. The Balaban J connectivity index is 1.89. The molecule has 1 aliphatic rings. The predicted molar refractivity (Wildman–Crippen MR) is 63.0 cm³/mol. The molecule has 0 spiro atoms. The number of hydrogen-bond acceptors (Lipinski definition) is 3. The molecule has 16 heavy (non-hydrogen) atoms. The van der Waals surface area contributed by atoms with Crippen molar-refractivity contribution in [1.82, 2.24) is 0 Å². The molecule has 86 valence electrons. The number of benzene rings is 1. The third kappa shape index (κ3) is 2.70. The average molecular weight is 238 g/mol. The Kier molecular flexibility index (Phi) is 3.39. The Morgan fingerprint density at radius 2 is 2.19 bits per heavy atom. The summed E-state index contributed by atoms with van der Waals surface area (Å²) in [7, 11) is 0. The van der Waals surface area contributed by atoms with Crippen molar-refractivity contribution in [2.75, 3.05) is 6.61 Å². The Hall–Kier alpha value is -1.16. The van der Waals surface area contributed by atoms with Gasteiger partial charge in [-0.25, -0.2) is 0 Å². The Morgan fingerprint density at radius 3 is 2.69 bits per heavy atom. The number of thioether (sulfide) groups is 1. The van der Waals surface area contributed by atoms with E-state index in [1.165, 1.54) is 0 Å². The van der Waals surface area contributed by atoms with Gasteiger partial charge in [0.25, 0.3) is 0 Å². The highest BCUT2D eigenvalue weighted by atomic mass is 32.2. The minimum atomic E-state index is -0.677. The number of rotatable bonds is 5. The second-order valence-corrected chi connectivity index (χ2v) is 5.05. The third-order valence-electron chi connectivity index (χ3n) is 2.47. The van der Waals surface area contributed by atoms with Gasteiger partial charge in [0.2, 0.25) is 0 Å². The molecule has 1 aliphatic carbocycles. The van der Waals surface area contributed by atoms with E-state index in [4.69, 9.17) is 9.84 Å². The lowest BCUT2D eigenvalue weighted by Gasteiger charge is -2.04. The molecule has 0 aliphatic heterocycles. The van der Waals surface area contributed by atoms with Gasteiger partial charge in [0.1, 0.15) is 5.75 Å². The first-order valence-electron chi connectivity index (χ1n) is 5.33. The van der Waals surface area contributed by atoms with Gasteiger partial charge in [-0.05, 0) is 37.6 Å². The first-order valence-corrected chi connectivity index (χ1v) is 6.21. The zero-order valence-electron chi connectivity index (χ0n) is 9.05. The second kappa shape index (κ2) is 4.78. The van der Waals surface area contributed by atoms with Crippen LogP contribution in [-0.2, 0) is 4.79 Å². The van der Waals surface area contributed by atoms with Gasteiger partial charge in [0.05, 0.1) is 12.5 Å². The Bertz CT molecular complexity index is 374. The standard InChI is InChI=1S/C12H14O3S/c1-2-15-8-3-5-9(6-4-8)16-11-7-10(11)12(13)14/h3-6,10-11H,2,7H2,1H3,(H,13,14). The smallest absolute Gasteiger partial charge is 0.307 e. The molecule has 2 unspecified atom stereocenters. The highest BCUT2D eigenvalue weighted by Gasteiger charge is 2.43. The van der Waals surface area contributed by atoms with E-state index in [0.29, 0.717) is 6.61 Å². The van der Waals surface area contributed by atoms with Crippen molar-refractivity contribution < 1.29 is 14.6 Å². The van der Waals surface area contributed by atoms with Crippen molar-refractivity contribution in [1.29, 1.82) is 0 Å². The molecule has 0 saturated heterocycles. The molecule has 2 rings (SSSR count). The van der Waals surface area contributed by atoms with Crippen LogP contribution < -0.4 is 4.74 Å². The van der Waals surface area contributed by atoms with Crippen molar-refractivity contribution in [2.24, 2.45) is 5.92 Å². The van der Waals surface area contributed by atoms with E-state index in [9.17, 15) is 4.79 Å². The van der Waals surface area contributed by atoms with Crippen LogP contribution in [0.2, 0.25) is 0 Å². The maximum Gasteiger partial charge on any atom is 0.307 e. The highest BCUT2D eigenvalue weighted by molar-refractivity contribution is 8.00. The fourth-order valence-electron chi connectivity index (χ4n) is 1.52. The van der Waals surface area contributed by atoms with Crippen molar-refractivity contribution in [3.05, 3.63) is 24.3 Å². The van der Waals surface area contributed by atoms with Crippen molar-refractivity contribution in [3.63, 3.8) is 0 Å². The average Bonchev–Trinajstić information content (AvgIpc) is 3.01. The fraction of sp³-hybridized carbons (Fsp3) is 0.417. The fourth-order valence-corrected chi connectivity index (χ4v) is 2.74. The molecule has 1 fully saturated rings. The van der Waals surface area contributed by atoms with Crippen LogP contribution in [0.1, 0.15) is 13.3 Å². The summed E-state index contributed by atoms with van der Waals surface area (Å²) < 4.78 is 5.34. The third-order valence-corrected chi connectivity index (χ3v) is 3.84. The number of carboxylic acids is 1. The molecule has 1 aromatic carbocycles. The van der Waals surface area contributed by atoms with E-state index in [1.54, 1.807) is 11.8 Å². The van der Waals surface area contributed by atoms with Crippen LogP contribution in [0.4, 0.5) is 0 Å². The summed E-state index contributed by atoms with van der Waals surface area (Å²) in [6.07, 6.45) is 0.785.